The van der Waals surface area contributed by atoms with E-state index in [2.05, 4.69) is 0 Å². The SMILES string of the molecule is COc1cc(O)ccc1C1C2=CCC3C(=O)N(O)C(=O)C3C2CC2C(=O)N(c3ccc(F)c(Cl)c3)C(=O)C21C. The zero-order chi connectivity index (χ0) is 28.0. The van der Waals surface area contributed by atoms with Crippen LogP contribution in [0.15, 0.2) is 48.0 Å². The number of hydrogen-bond acceptors (Lipinski definition) is 7. The van der Waals surface area contributed by atoms with Crippen LogP contribution in [0.25, 0.3) is 0 Å². The lowest BCUT2D eigenvalue weighted by molar-refractivity contribution is -0.173. The summed E-state index contributed by atoms with van der Waals surface area (Å²) < 4.78 is 19.5. The molecule has 0 radical (unpaired) electrons. The molecule has 11 heteroatoms. The maximum absolute atomic E-state index is 14.3. The van der Waals surface area contributed by atoms with Crippen molar-refractivity contribution < 1.29 is 38.6 Å². The Morgan fingerprint density at radius 1 is 1.05 bits per heavy atom. The number of aromatic hydroxyl groups is 1. The number of hydroxylamine groups is 2. The van der Waals surface area contributed by atoms with E-state index in [1.54, 1.807) is 13.0 Å². The fourth-order valence-electron chi connectivity index (χ4n) is 7.15. The van der Waals surface area contributed by atoms with Crippen molar-refractivity contribution in [1.82, 2.24) is 5.06 Å². The molecule has 2 heterocycles. The van der Waals surface area contributed by atoms with Gasteiger partial charge in [-0.05, 0) is 49.9 Å². The molecule has 2 saturated heterocycles. The highest BCUT2D eigenvalue weighted by Gasteiger charge is 2.68. The molecule has 4 amide bonds. The Hall–Kier alpha value is -3.76. The van der Waals surface area contributed by atoms with E-state index in [1.165, 1.54) is 31.4 Å². The van der Waals surface area contributed by atoms with Gasteiger partial charge in [-0.1, -0.05) is 29.3 Å². The molecule has 6 unspecified atom stereocenters. The minimum atomic E-state index is -1.36. The predicted octanol–water partition coefficient (Wildman–Crippen LogP) is 3.81. The highest BCUT2D eigenvalue weighted by atomic mass is 35.5. The fraction of sp³-hybridized carbons (Fsp3) is 0.357. The number of rotatable bonds is 3. The summed E-state index contributed by atoms with van der Waals surface area (Å²) in [4.78, 5) is 54.9. The number of halogens is 2. The van der Waals surface area contributed by atoms with Gasteiger partial charge in [-0.3, -0.25) is 24.4 Å². The summed E-state index contributed by atoms with van der Waals surface area (Å²) in [5, 5.41) is 20.2. The van der Waals surface area contributed by atoms with Crippen LogP contribution in [0.3, 0.4) is 0 Å². The molecule has 1 saturated carbocycles. The number of phenolic OH excluding ortho intramolecular Hbond substituents is 1. The molecule has 2 N–H and O–H groups in total. The van der Waals surface area contributed by atoms with Crippen LogP contribution in [0.1, 0.15) is 31.2 Å². The molecular formula is C28H24ClFN2O7. The lowest BCUT2D eigenvalue weighted by Gasteiger charge is -2.49. The number of methoxy groups -OCH3 is 1. The number of carbonyl (C=O) groups excluding carboxylic acids is 4. The molecular weight excluding hydrogens is 531 g/mol. The van der Waals surface area contributed by atoms with Gasteiger partial charge in [-0.2, -0.15) is 5.06 Å². The van der Waals surface area contributed by atoms with Gasteiger partial charge >= 0.3 is 0 Å². The molecule has 9 nitrogen and oxygen atoms in total. The molecule has 6 rings (SSSR count). The molecule has 4 aliphatic rings. The monoisotopic (exact) mass is 554 g/mol. The highest BCUT2D eigenvalue weighted by Crippen LogP contribution is 2.64. The zero-order valence-corrected chi connectivity index (χ0v) is 21.7. The minimum Gasteiger partial charge on any atom is -0.508 e. The summed E-state index contributed by atoms with van der Waals surface area (Å²) in [5.74, 6) is -6.95. The molecule has 0 aromatic heterocycles. The van der Waals surface area contributed by atoms with Crippen LogP contribution in [-0.2, 0) is 19.2 Å². The summed E-state index contributed by atoms with van der Waals surface area (Å²) in [6.07, 6.45) is 2.09. The van der Waals surface area contributed by atoms with Crippen molar-refractivity contribution in [3.63, 3.8) is 0 Å². The zero-order valence-electron chi connectivity index (χ0n) is 20.9. The molecule has 2 aliphatic carbocycles. The molecule has 6 atom stereocenters. The first-order chi connectivity index (χ1) is 18.5. The van der Waals surface area contributed by atoms with Crippen molar-refractivity contribution in [1.29, 1.82) is 0 Å². The van der Waals surface area contributed by atoms with Crippen LogP contribution < -0.4 is 9.64 Å². The number of fused-ring (bicyclic) bond motifs is 4. The number of nitrogens with zero attached hydrogens (tertiary/aromatic N) is 2. The first-order valence-corrected chi connectivity index (χ1v) is 12.9. The molecule has 39 heavy (non-hydrogen) atoms. The average Bonchev–Trinajstić information content (AvgIpc) is 3.25. The van der Waals surface area contributed by atoms with Crippen molar-refractivity contribution in [2.75, 3.05) is 12.0 Å². The third-order valence-corrected chi connectivity index (χ3v) is 9.23. The van der Waals surface area contributed by atoms with Gasteiger partial charge in [0.15, 0.2) is 0 Å². The largest absolute Gasteiger partial charge is 0.508 e. The van der Waals surface area contributed by atoms with Gasteiger partial charge in [0.1, 0.15) is 17.3 Å². The van der Waals surface area contributed by atoms with Crippen LogP contribution in [0, 0.1) is 34.9 Å². The highest BCUT2D eigenvalue weighted by molar-refractivity contribution is 6.31. The Morgan fingerprint density at radius 2 is 1.79 bits per heavy atom. The van der Waals surface area contributed by atoms with Crippen LogP contribution in [0.2, 0.25) is 5.02 Å². The summed E-state index contributed by atoms with van der Waals surface area (Å²) in [7, 11) is 1.42. The number of amides is 4. The normalized spacial score (nSPS) is 31.7. The standard InChI is InChI=1S/C28H24ClFN2O7/c1-28-18(25(35)31(27(28)37)12-3-8-20(30)19(29)9-12)11-17-14(6-7-16-22(17)26(36)32(38)24(16)34)23(28)15-5-4-13(33)10-21(15)39-2/h3-6,8-10,16-18,22-23,33,38H,7,11H2,1-2H3. The van der Waals surface area contributed by atoms with E-state index in [1.807, 2.05) is 6.08 Å². The first-order valence-electron chi connectivity index (χ1n) is 12.5. The Labute approximate surface area is 227 Å². The van der Waals surface area contributed by atoms with Gasteiger partial charge in [0.05, 0.1) is 41.0 Å². The van der Waals surface area contributed by atoms with Gasteiger partial charge in [0.25, 0.3) is 11.8 Å². The van der Waals surface area contributed by atoms with Crippen LogP contribution >= 0.6 is 11.6 Å². The van der Waals surface area contributed by atoms with Gasteiger partial charge in [-0.15, -0.1) is 0 Å². The molecule has 202 valence electrons. The molecule has 0 bridgehead atoms. The van der Waals surface area contributed by atoms with E-state index in [0.717, 1.165) is 11.0 Å². The van der Waals surface area contributed by atoms with Gasteiger partial charge in [-0.25, -0.2) is 9.29 Å². The van der Waals surface area contributed by atoms with Crippen LogP contribution in [0.5, 0.6) is 11.5 Å². The van der Waals surface area contributed by atoms with Crippen LogP contribution in [0.4, 0.5) is 10.1 Å². The molecule has 3 fully saturated rings. The lowest BCUT2D eigenvalue weighted by atomic mass is 9.51. The molecule has 2 aliphatic heterocycles. The number of benzene rings is 2. The number of allylic oxidation sites excluding steroid dienone is 2. The number of imide groups is 2. The lowest BCUT2D eigenvalue weighted by Crippen LogP contribution is -2.48. The third-order valence-electron chi connectivity index (χ3n) is 8.94. The Balaban J connectivity index is 1.56. The van der Waals surface area contributed by atoms with E-state index in [9.17, 15) is 33.9 Å². The summed E-state index contributed by atoms with van der Waals surface area (Å²) in [5.41, 5.74) is -0.0282. The predicted molar refractivity (Wildman–Crippen MR) is 134 cm³/mol. The van der Waals surface area contributed by atoms with Crippen LogP contribution in [-0.4, -0.2) is 46.1 Å². The summed E-state index contributed by atoms with van der Waals surface area (Å²) in [6, 6.07) is 8.07. The minimum absolute atomic E-state index is 0.0637. The average molecular weight is 555 g/mol. The van der Waals surface area contributed by atoms with Gasteiger partial charge < -0.3 is 9.84 Å². The van der Waals surface area contributed by atoms with Crippen molar-refractivity contribution in [2.24, 2.45) is 29.1 Å². The maximum atomic E-state index is 14.3. The number of carbonyl (C=O) groups is 4. The summed E-state index contributed by atoms with van der Waals surface area (Å²) in [6.45, 7) is 1.68. The van der Waals surface area contributed by atoms with E-state index in [4.69, 9.17) is 16.3 Å². The Morgan fingerprint density at radius 3 is 2.49 bits per heavy atom. The number of hydrogen-bond donors (Lipinski definition) is 2. The number of ether oxygens (including phenoxy) is 1. The second kappa shape index (κ2) is 8.62. The fourth-order valence-corrected chi connectivity index (χ4v) is 7.33. The third kappa shape index (κ3) is 3.34. The topological polar surface area (TPSA) is 124 Å². The van der Waals surface area contributed by atoms with Crippen molar-refractivity contribution in [3.05, 3.63) is 64.5 Å². The van der Waals surface area contributed by atoms with E-state index in [0.29, 0.717) is 11.1 Å². The number of anilines is 1. The maximum Gasteiger partial charge on any atom is 0.257 e. The second-order valence-corrected chi connectivity index (χ2v) is 11.1. The van der Waals surface area contributed by atoms with Crippen molar-refractivity contribution >= 4 is 40.9 Å². The van der Waals surface area contributed by atoms with E-state index >= 15 is 0 Å². The first kappa shape index (κ1) is 25.5. The molecule has 2 aromatic carbocycles. The van der Waals surface area contributed by atoms with Gasteiger partial charge in [0.2, 0.25) is 11.8 Å². The van der Waals surface area contributed by atoms with Crippen molar-refractivity contribution in [2.45, 2.75) is 25.7 Å². The van der Waals surface area contributed by atoms with Crippen molar-refractivity contribution in [3.8, 4) is 11.5 Å². The Kier molecular flexibility index (Phi) is 5.64. The smallest absolute Gasteiger partial charge is 0.257 e. The molecule has 2 aromatic rings. The van der Waals surface area contributed by atoms with E-state index < -0.39 is 64.5 Å². The second-order valence-electron chi connectivity index (χ2n) is 10.7. The molecule has 0 spiro atoms. The summed E-state index contributed by atoms with van der Waals surface area (Å²) >= 11 is 5.99. The quantitative estimate of drug-likeness (QED) is 0.336. The van der Waals surface area contributed by atoms with E-state index in [-0.39, 0.29) is 40.1 Å². The number of phenols is 1. The Bertz CT molecular complexity index is 1510. The van der Waals surface area contributed by atoms with Gasteiger partial charge in [0, 0.05) is 17.5 Å².